The molecule has 1 amide bonds. The highest BCUT2D eigenvalue weighted by molar-refractivity contribution is 5.82. The fourth-order valence-corrected chi connectivity index (χ4v) is 5.40. The summed E-state index contributed by atoms with van der Waals surface area (Å²) in [6.45, 7) is 7.48. The second-order valence-corrected chi connectivity index (χ2v) is 10.1. The highest BCUT2D eigenvalue weighted by atomic mass is 16.5. The van der Waals surface area contributed by atoms with Crippen molar-refractivity contribution >= 4 is 17.1 Å². The number of likely N-dealkylation sites (tertiary alicyclic amines) is 1. The van der Waals surface area contributed by atoms with Crippen molar-refractivity contribution in [3.63, 3.8) is 0 Å². The first kappa shape index (κ1) is 22.4. The number of carbonyl (C=O) groups excluding carboxylic acids is 1. The number of hydrogen-bond donors (Lipinski definition) is 0. The van der Waals surface area contributed by atoms with Crippen LogP contribution in [0, 0.1) is 5.92 Å². The maximum Gasteiger partial charge on any atom is 0.225 e. The molecule has 3 fully saturated rings. The van der Waals surface area contributed by atoms with E-state index in [0.29, 0.717) is 11.8 Å². The minimum Gasteiger partial charge on any atom is -0.492 e. The van der Waals surface area contributed by atoms with Crippen molar-refractivity contribution in [3.8, 4) is 16.9 Å². The topological polar surface area (TPSA) is 53.3 Å². The highest BCUT2D eigenvalue weighted by Gasteiger charge is 2.34. The number of carbonyl (C=O) groups is 1. The molecule has 2 aliphatic heterocycles. The van der Waals surface area contributed by atoms with Crippen LogP contribution in [-0.4, -0.2) is 77.7 Å². The molecule has 0 bridgehead atoms. The number of piperidine rings is 1. The lowest BCUT2D eigenvalue weighted by molar-refractivity contribution is -0.132. The molecule has 35 heavy (non-hydrogen) atoms. The molecule has 7 nitrogen and oxygen atoms in total. The second kappa shape index (κ2) is 9.90. The van der Waals surface area contributed by atoms with Crippen molar-refractivity contribution in [3.05, 3.63) is 48.8 Å². The van der Waals surface area contributed by atoms with Crippen LogP contribution in [0.15, 0.2) is 48.8 Å². The molecule has 1 aromatic carbocycles. The van der Waals surface area contributed by atoms with Gasteiger partial charge in [0, 0.05) is 56.6 Å². The molecule has 6 rings (SSSR count). The number of hydrogen-bond acceptors (Lipinski definition) is 5. The minimum absolute atomic E-state index is 0.300. The summed E-state index contributed by atoms with van der Waals surface area (Å²) < 4.78 is 7.97. The molecule has 0 unspecified atom stereocenters. The first-order chi connectivity index (χ1) is 17.2. The van der Waals surface area contributed by atoms with Gasteiger partial charge in [0.05, 0.1) is 11.2 Å². The molecule has 0 radical (unpaired) electrons. The van der Waals surface area contributed by atoms with E-state index < -0.39 is 0 Å². The van der Waals surface area contributed by atoms with Gasteiger partial charge >= 0.3 is 0 Å². The molecule has 2 saturated heterocycles. The summed E-state index contributed by atoms with van der Waals surface area (Å²) in [6.07, 6.45) is 10.1. The third kappa shape index (κ3) is 5.01. The van der Waals surface area contributed by atoms with Gasteiger partial charge < -0.3 is 14.5 Å². The van der Waals surface area contributed by atoms with Crippen LogP contribution in [0.1, 0.15) is 32.1 Å². The van der Waals surface area contributed by atoms with Gasteiger partial charge in [0.25, 0.3) is 0 Å². The molecule has 0 atom stereocenters. The minimum atomic E-state index is 0.300. The maximum absolute atomic E-state index is 12.4. The first-order valence-corrected chi connectivity index (χ1v) is 13.2. The molecule has 2 aromatic heterocycles. The monoisotopic (exact) mass is 473 g/mol. The predicted octanol–water partition coefficient (Wildman–Crippen LogP) is 3.92. The molecule has 184 valence electrons. The van der Waals surface area contributed by atoms with Crippen LogP contribution in [0.4, 0.5) is 5.69 Å². The Morgan fingerprint density at radius 1 is 0.914 bits per heavy atom. The quantitative estimate of drug-likeness (QED) is 0.521. The molecule has 7 heteroatoms. The SMILES string of the molecule is O=C(C1CC1)N1CCN(c2ccnn3cc(-c4ccc(OCCN5CCCCC5)cc4)cc23)CC1. The first-order valence-electron chi connectivity index (χ1n) is 13.2. The van der Waals surface area contributed by atoms with Crippen molar-refractivity contribution in [2.45, 2.75) is 32.1 Å². The van der Waals surface area contributed by atoms with Crippen LogP contribution in [0.25, 0.3) is 16.6 Å². The van der Waals surface area contributed by atoms with Crippen molar-refractivity contribution in [1.82, 2.24) is 19.4 Å². The number of nitrogens with zero attached hydrogens (tertiary/aromatic N) is 5. The Morgan fingerprint density at radius 2 is 1.69 bits per heavy atom. The molecule has 4 heterocycles. The van der Waals surface area contributed by atoms with Gasteiger partial charge in [0.1, 0.15) is 12.4 Å². The number of benzene rings is 1. The van der Waals surface area contributed by atoms with Gasteiger partial charge in [-0.15, -0.1) is 0 Å². The van der Waals surface area contributed by atoms with E-state index in [1.807, 2.05) is 15.6 Å². The van der Waals surface area contributed by atoms with Crippen LogP contribution in [0.3, 0.4) is 0 Å². The average Bonchev–Trinajstić information content (AvgIpc) is 3.67. The molecule has 0 spiro atoms. The molecule has 3 aliphatic rings. The number of piperazine rings is 1. The smallest absolute Gasteiger partial charge is 0.225 e. The summed E-state index contributed by atoms with van der Waals surface area (Å²) in [7, 11) is 0. The van der Waals surface area contributed by atoms with E-state index in [1.165, 1.54) is 38.0 Å². The number of aromatic nitrogens is 2. The fraction of sp³-hybridized carbons (Fsp3) is 0.500. The maximum atomic E-state index is 12.4. The Balaban J connectivity index is 1.10. The van der Waals surface area contributed by atoms with E-state index in [1.54, 1.807) is 0 Å². The zero-order valence-electron chi connectivity index (χ0n) is 20.4. The number of fused-ring (bicyclic) bond motifs is 1. The Labute approximate surface area is 207 Å². The lowest BCUT2D eigenvalue weighted by atomic mass is 10.1. The van der Waals surface area contributed by atoms with Gasteiger partial charge in [-0.2, -0.15) is 5.10 Å². The highest BCUT2D eigenvalue weighted by Crippen LogP contribution is 2.33. The zero-order chi connectivity index (χ0) is 23.6. The normalized spacial score (nSPS) is 19.3. The number of amides is 1. The Bertz CT molecular complexity index is 1160. The number of anilines is 1. The number of ether oxygens (including phenoxy) is 1. The van der Waals surface area contributed by atoms with E-state index in [9.17, 15) is 4.79 Å². The average molecular weight is 474 g/mol. The van der Waals surface area contributed by atoms with E-state index in [0.717, 1.165) is 74.6 Å². The van der Waals surface area contributed by atoms with Gasteiger partial charge in [-0.1, -0.05) is 18.6 Å². The Hall–Kier alpha value is -3.06. The van der Waals surface area contributed by atoms with Crippen molar-refractivity contribution in [1.29, 1.82) is 0 Å². The fourth-order valence-electron chi connectivity index (χ4n) is 5.40. The third-order valence-electron chi connectivity index (χ3n) is 7.66. The van der Waals surface area contributed by atoms with Gasteiger partial charge in [-0.05, 0) is 68.6 Å². The van der Waals surface area contributed by atoms with E-state index in [4.69, 9.17) is 4.74 Å². The molecular formula is C28H35N5O2. The van der Waals surface area contributed by atoms with E-state index in [-0.39, 0.29) is 0 Å². The van der Waals surface area contributed by atoms with Crippen LogP contribution < -0.4 is 9.64 Å². The second-order valence-electron chi connectivity index (χ2n) is 10.1. The van der Waals surface area contributed by atoms with Crippen LogP contribution in [-0.2, 0) is 4.79 Å². The summed E-state index contributed by atoms with van der Waals surface area (Å²) in [5.74, 6) is 1.58. The van der Waals surface area contributed by atoms with Crippen molar-refractivity contribution in [2.75, 3.05) is 57.3 Å². The van der Waals surface area contributed by atoms with Crippen molar-refractivity contribution < 1.29 is 9.53 Å². The van der Waals surface area contributed by atoms with E-state index in [2.05, 4.69) is 57.5 Å². The standard InChI is InChI=1S/C28H35N5O2/c34-28(23-4-5-23)32-16-14-31(15-17-32)26-10-11-29-33-21-24(20-27(26)33)22-6-8-25(9-7-22)35-19-18-30-12-2-1-3-13-30/h6-11,20-21,23H,1-5,12-19H2. The van der Waals surface area contributed by atoms with Crippen LogP contribution in [0.5, 0.6) is 5.75 Å². The van der Waals surface area contributed by atoms with Gasteiger partial charge in [0.2, 0.25) is 5.91 Å². The number of rotatable bonds is 7. The third-order valence-corrected chi connectivity index (χ3v) is 7.66. The van der Waals surface area contributed by atoms with Crippen LogP contribution in [0.2, 0.25) is 0 Å². The molecular weight excluding hydrogens is 438 g/mol. The van der Waals surface area contributed by atoms with Gasteiger partial charge in [0.15, 0.2) is 0 Å². The Kier molecular flexibility index (Phi) is 6.34. The summed E-state index contributed by atoms with van der Waals surface area (Å²) in [5, 5.41) is 4.56. The lowest BCUT2D eigenvalue weighted by Gasteiger charge is -2.36. The molecule has 1 aliphatic carbocycles. The summed E-state index contributed by atoms with van der Waals surface area (Å²) in [6, 6.07) is 12.7. The zero-order valence-corrected chi connectivity index (χ0v) is 20.4. The molecule has 3 aromatic rings. The predicted molar refractivity (Wildman–Crippen MR) is 138 cm³/mol. The lowest BCUT2D eigenvalue weighted by Crippen LogP contribution is -2.49. The summed E-state index contributed by atoms with van der Waals surface area (Å²) in [5.41, 5.74) is 4.59. The van der Waals surface area contributed by atoms with Gasteiger partial charge in [-0.25, -0.2) is 4.52 Å². The summed E-state index contributed by atoms with van der Waals surface area (Å²) >= 11 is 0. The van der Waals surface area contributed by atoms with Gasteiger partial charge in [-0.3, -0.25) is 9.69 Å². The van der Waals surface area contributed by atoms with Crippen molar-refractivity contribution in [2.24, 2.45) is 5.92 Å². The summed E-state index contributed by atoms with van der Waals surface area (Å²) in [4.78, 5) is 19.3. The van der Waals surface area contributed by atoms with E-state index >= 15 is 0 Å². The molecule has 0 N–H and O–H groups in total. The Morgan fingerprint density at radius 3 is 2.43 bits per heavy atom. The molecule has 1 saturated carbocycles. The van der Waals surface area contributed by atoms with Crippen LogP contribution >= 0.6 is 0 Å². The largest absolute Gasteiger partial charge is 0.492 e.